The Hall–Kier alpha value is -2.49. The summed E-state index contributed by atoms with van der Waals surface area (Å²) in [6.45, 7) is 3.37. The van der Waals surface area contributed by atoms with Gasteiger partial charge in [0.25, 0.3) is 5.92 Å². The van der Waals surface area contributed by atoms with Crippen molar-refractivity contribution in [3.63, 3.8) is 0 Å². The molecule has 0 aliphatic heterocycles. The topological polar surface area (TPSA) is 202 Å². The van der Waals surface area contributed by atoms with E-state index in [1.165, 1.54) is 0 Å². The lowest BCUT2D eigenvalue weighted by molar-refractivity contribution is -0.163. The summed E-state index contributed by atoms with van der Waals surface area (Å²) in [5, 5.41) is 13.1. The molecular formula is C20H31F2N4O10P. The first-order valence-electron chi connectivity index (χ1n) is 11.1. The molecule has 1 aromatic rings. The number of nitrogens with one attached hydrogen (secondary N) is 1. The van der Waals surface area contributed by atoms with E-state index in [-0.39, 0.29) is 17.8 Å². The zero-order chi connectivity index (χ0) is 28.0. The molecule has 0 radical (unpaired) electrons. The molecule has 14 nitrogen and oxygen atoms in total. The molecule has 2 rings (SSSR count). The fraction of sp³-hybridized carbons (Fsp3) is 0.700. The third-order valence-corrected chi connectivity index (χ3v) is 6.13. The summed E-state index contributed by atoms with van der Waals surface area (Å²) in [6, 6.07) is -0.667. The summed E-state index contributed by atoms with van der Waals surface area (Å²) in [4.78, 5) is 48.2. The molecule has 1 saturated carbocycles. The maximum atomic E-state index is 14.6. The number of anilines is 1. The molecular weight excluding hydrogens is 525 g/mol. The van der Waals surface area contributed by atoms with Crippen LogP contribution in [0.5, 0.6) is 0 Å². The first-order chi connectivity index (χ1) is 17.0. The summed E-state index contributed by atoms with van der Waals surface area (Å²) < 4.78 is 60.1. The van der Waals surface area contributed by atoms with Gasteiger partial charge in [0.2, 0.25) is 6.79 Å². The van der Waals surface area contributed by atoms with E-state index in [0.717, 1.165) is 12.3 Å². The first kappa shape index (κ1) is 30.7. The van der Waals surface area contributed by atoms with Gasteiger partial charge in [0.1, 0.15) is 18.0 Å². The molecule has 0 spiro atoms. The van der Waals surface area contributed by atoms with Crippen molar-refractivity contribution < 1.29 is 51.5 Å². The number of alkyl halides is 2. The predicted octanol–water partition coefficient (Wildman–Crippen LogP) is 0.338. The van der Waals surface area contributed by atoms with Crippen LogP contribution in [0.4, 0.5) is 14.6 Å². The Bertz CT molecular complexity index is 1060. The van der Waals surface area contributed by atoms with Gasteiger partial charge >= 0.3 is 25.5 Å². The summed E-state index contributed by atoms with van der Waals surface area (Å²) in [6.07, 6.45) is -1.80. The molecule has 4 atom stereocenters. The number of nitrogens with zero attached hydrogens (tertiary/aromatic N) is 2. The molecule has 1 aromatic heterocycles. The van der Waals surface area contributed by atoms with E-state index in [0.29, 0.717) is 11.1 Å². The minimum atomic E-state index is -4.89. The van der Waals surface area contributed by atoms with Crippen LogP contribution < -0.4 is 16.7 Å². The first-order valence-corrected chi connectivity index (χ1v) is 12.6. The van der Waals surface area contributed by atoms with Crippen molar-refractivity contribution in [1.29, 1.82) is 0 Å². The van der Waals surface area contributed by atoms with Crippen molar-refractivity contribution in [3.05, 3.63) is 22.7 Å². The second kappa shape index (κ2) is 12.4. The lowest BCUT2D eigenvalue weighted by atomic mass is 10.1. The summed E-state index contributed by atoms with van der Waals surface area (Å²) in [5.41, 5.74) is 4.10. The van der Waals surface area contributed by atoms with Gasteiger partial charge in [-0.25, -0.2) is 27.5 Å². The summed E-state index contributed by atoms with van der Waals surface area (Å²) in [7, 11) is -4.89. The van der Waals surface area contributed by atoms with E-state index in [2.05, 4.69) is 24.1 Å². The minimum absolute atomic E-state index is 0.00285. The van der Waals surface area contributed by atoms with Crippen LogP contribution in [0.15, 0.2) is 17.1 Å². The normalized spacial score (nSPS) is 22.8. The van der Waals surface area contributed by atoms with Crippen molar-refractivity contribution in [3.8, 4) is 0 Å². The number of esters is 2. The highest BCUT2D eigenvalue weighted by Crippen LogP contribution is 2.49. The molecule has 210 valence electrons. The molecule has 0 saturated heterocycles. The molecule has 0 aromatic carbocycles. The van der Waals surface area contributed by atoms with Crippen LogP contribution in [0.2, 0.25) is 0 Å². The van der Waals surface area contributed by atoms with Gasteiger partial charge in [-0.15, -0.1) is 0 Å². The third-order valence-electron chi connectivity index (χ3n) is 5.22. The second-order valence-corrected chi connectivity index (χ2v) is 10.7. The van der Waals surface area contributed by atoms with Gasteiger partial charge in [-0.05, 0) is 33.3 Å². The highest BCUT2D eigenvalue weighted by atomic mass is 31.2. The predicted molar refractivity (Wildman–Crippen MR) is 122 cm³/mol. The Balaban J connectivity index is 1.77. The number of carbonyl (C=O) groups is 2. The van der Waals surface area contributed by atoms with E-state index < -0.39 is 75.9 Å². The second-order valence-electron chi connectivity index (χ2n) is 9.29. The van der Waals surface area contributed by atoms with Crippen LogP contribution in [-0.4, -0.2) is 75.6 Å². The molecule has 1 unspecified atom stereocenters. The number of hydrogen-bond acceptors (Lipinski definition) is 12. The number of halogens is 2. The monoisotopic (exact) mass is 556 g/mol. The SMILES string of the molecule is CC(C)(C)NCCC(=O)OCC(=O)OCOP(=O)(O)OC[C@H]1C[C@@H](n2ccc(N)nc2=O)C(F)(F)[C@@H]1O. The van der Waals surface area contributed by atoms with Gasteiger partial charge < -0.3 is 30.5 Å². The summed E-state index contributed by atoms with van der Waals surface area (Å²) in [5.74, 6) is -7.07. The fourth-order valence-electron chi connectivity index (χ4n) is 3.38. The lowest BCUT2D eigenvalue weighted by Crippen LogP contribution is -2.40. The van der Waals surface area contributed by atoms with Crippen molar-refractivity contribution in [1.82, 2.24) is 14.9 Å². The number of ether oxygens (including phenoxy) is 2. The van der Waals surface area contributed by atoms with Crippen molar-refractivity contribution in [2.75, 3.05) is 32.3 Å². The Kier molecular flexibility index (Phi) is 10.3. The smallest absolute Gasteiger partial charge is 0.454 e. The third kappa shape index (κ3) is 9.39. The Morgan fingerprint density at radius 3 is 2.59 bits per heavy atom. The van der Waals surface area contributed by atoms with Crippen LogP contribution in [-0.2, 0) is 32.7 Å². The zero-order valence-corrected chi connectivity index (χ0v) is 21.4. The minimum Gasteiger partial charge on any atom is -0.454 e. The van der Waals surface area contributed by atoms with Crippen molar-refractivity contribution in [2.24, 2.45) is 5.92 Å². The molecule has 0 amide bonds. The maximum absolute atomic E-state index is 14.6. The number of carbonyl (C=O) groups excluding carboxylic acids is 2. The van der Waals surface area contributed by atoms with Crippen molar-refractivity contribution >= 4 is 25.6 Å². The van der Waals surface area contributed by atoms with E-state index in [1.807, 2.05) is 20.8 Å². The van der Waals surface area contributed by atoms with Crippen LogP contribution in [0.25, 0.3) is 0 Å². The van der Waals surface area contributed by atoms with Crippen molar-refractivity contribution in [2.45, 2.75) is 57.2 Å². The number of phosphoric acid groups is 1. The number of nitrogen functional groups attached to an aromatic ring is 1. The molecule has 5 N–H and O–H groups in total. The van der Waals surface area contributed by atoms with Gasteiger partial charge in [-0.2, -0.15) is 4.98 Å². The quantitative estimate of drug-likeness (QED) is 0.156. The van der Waals surface area contributed by atoms with Gasteiger partial charge in [-0.1, -0.05) is 0 Å². The van der Waals surface area contributed by atoms with E-state index in [9.17, 15) is 37.7 Å². The number of nitrogens with two attached hydrogens (primary N) is 1. The molecule has 0 bridgehead atoms. The number of hydrogen-bond donors (Lipinski definition) is 4. The average Bonchev–Trinajstić information content (AvgIpc) is 2.99. The van der Waals surface area contributed by atoms with Gasteiger partial charge in [-0.3, -0.25) is 13.9 Å². The van der Waals surface area contributed by atoms with Crippen LogP contribution >= 0.6 is 7.82 Å². The molecule has 17 heteroatoms. The fourth-order valence-corrected chi connectivity index (χ4v) is 4.02. The van der Waals surface area contributed by atoms with Crippen LogP contribution in [0, 0.1) is 5.92 Å². The number of rotatable bonds is 12. The van der Waals surface area contributed by atoms with Crippen LogP contribution in [0.3, 0.4) is 0 Å². The number of phosphoric ester groups is 1. The Morgan fingerprint density at radius 1 is 1.30 bits per heavy atom. The molecule has 37 heavy (non-hydrogen) atoms. The highest BCUT2D eigenvalue weighted by Gasteiger charge is 2.58. The number of aliphatic hydroxyl groups is 1. The molecule has 1 aliphatic rings. The maximum Gasteiger partial charge on any atom is 0.475 e. The number of aliphatic hydroxyl groups excluding tert-OH is 1. The Morgan fingerprint density at radius 2 is 1.97 bits per heavy atom. The standard InChI is InChI=1S/C20H31F2N4O10P/c1-19(2,3)24-6-4-15(27)33-10-16(28)34-11-36-37(31,32)35-9-12-8-13(20(21,22)17(12)29)26-7-5-14(23)25-18(26)30/h5,7,12-13,17,24,29H,4,6,8-11H2,1-3H3,(H,31,32)(H2,23,25,30)/t12-,13-,17-/m1/s1. The van der Waals surface area contributed by atoms with Crippen LogP contribution in [0.1, 0.15) is 39.7 Å². The van der Waals surface area contributed by atoms with E-state index in [4.69, 9.17) is 10.5 Å². The molecule has 1 aliphatic carbocycles. The molecule has 1 heterocycles. The van der Waals surface area contributed by atoms with Gasteiger partial charge in [0.05, 0.1) is 13.0 Å². The van der Waals surface area contributed by atoms with E-state index in [1.54, 1.807) is 0 Å². The Labute approximate surface area is 210 Å². The zero-order valence-electron chi connectivity index (χ0n) is 20.5. The summed E-state index contributed by atoms with van der Waals surface area (Å²) >= 11 is 0. The van der Waals surface area contributed by atoms with Gasteiger partial charge in [0.15, 0.2) is 6.61 Å². The molecule has 1 fully saturated rings. The van der Waals surface area contributed by atoms with E-state index >= 15 is 0 Å². The number of aromatic nitrogens is 2. The largest absolute Gasteiger partial charge is 0.475 e. The highest BCUT2D eigenvalue weighted by molar-refractivity contribution is 7.47. The van der Waals surface area contributed by atoms with Gasteiger partial charge in [0, 0.05) is 24.2 Å². The lowest BCUT2D eigenvalue weighted by Gasteiger charge is -2.23. The average molecular weight is 556 g/mol.